The summed E-state index contributed by atoms with van der Waals surface area (Å²) in [5.41, 5.74) is 2.11. The maximum Gasteiger partial charge on any atom is 0.322 e. The van der Waals surface area contributed by atoms with Gasteiger partial charge in [-0.3, -0.25) is 0 Å². The van der Waals surface area contributed by atoms with Crippen molar-refractivity contribution >= 4 is 0 Å². The summed E-state index contributed by atoms with van der Waals surface area (Å²) in [5, 5.41) is 7.32. The molecule has 1 aromatic heterocycles. The van der Waals surface area contributed by atoms with Crippen molar-refractivity contribution in [2.24, 2.45) is 0 Å². The van der Waals surface area contributed by atoms with Gasteiger partial charge in [0.2, 0.25) is 11.8 Å². The molecule has 28 heavy (non-hydrogen) atoms. The Morgan fingerprint density at radius 2 is 1.75 bits per heavy atom. The van der Waals surface area contributed by atoms with Gasteiger partial charge in [-0.25, -0.2) is 0 Å². The standard InChI is InChI=1S/C21H30N4O3/c1-4-27-19-16(20(28-5-2)25-21(24-19)26-3)14-23-17-12-9-13-22-18(17)15-10-7-6-8-11-15/h6-8,10-11,17-18,22-23H,4-5,9,12-14H2,1-3H3/t17-,18-/m0/s1. The highest BCUT2D eigenvalue weighted by molar-refractivity contribution is 5.37. The summed E-state index contributed by atoms with van der Waals surface area (Å²) >= 11 is 0. The third-order valence-electron chi connectivity index (χ3n) is 4.81. The molecule has 1 aliphatic rings. The van der Waals surface area contributed by atoms with Crippen LogP contribution in [0.2, 0.25) is 0 Å². The normalized spacial score (nSPS) is 19.2. The zero-order chi connectivity index (χ0) is 19.8. The van der Waals surface area contributed by atoms with Crippen molar-refractivity contribution in [2.75, 3.05) is 26.9 Å². The van der Waals surface area contributed by atoms with Crippen molar-refractivity contribution in [3.8, 4) is 17.8 Å². The molecule has 1 aromatic carbocycles. The van der Waals surface area contributed by atoms with Gasteiger partial charge in [0.25, 0.3) is 0 Å². The first-order valence-corrected chi connectivity index (χ1v) is 9.99. The van der Waals surface area contributed by atoms with Crippen molar-refractivity contribution in [1.82, 2.24) is 20.6 Å². The number of hydrogen-bond acceptors (Lipinski definition) is 7. The zero-order valence-electron chi connectivity index (χ0n) is 16.9. The van der Waals surface area contributed by atoms with Crippen molar-refractivity contribution < 1.29 is 14.2 Å². The number of hydrogen-bond donors (Lipinski definition) is 2. The lowest BCUT2D eigenvalue weighted by Gasteiger charge is -2.34. The van der Waals surface area contributed by atoms with E-state index in [0.717, 1.165) is 24.9 Å². The fraction of sp³-hybridized carbons (Fsp3) is 0.524. The van der Waals surface area contributed by atoms with Gasteiger partial charge in [-0.1, -0.05) is 30.3 Å². The van der Waals surface area contributed by atoms with E-state index >= 15 is 0 Å². The molecule has 2 heterocycles. The quantitative estimate of drug-likeness (QED) is 0.686. The summed E-state index contributed by atoms with van der Waals surface area (Å²) in [6.45, 7) is 6.47. The Kier molecular flexibility index (Phi) is 7.45. The molecule has 0 amide bonds. The number of ether oxygens (including phenoxy) is 3. The predicted octanol–water partition coefficient (Wildman–Crippen LogP) is 2.87. The van der Waals surface area contributed by atoms with Crippen LogP contribution in [0.15, 0.2) is 30.3 Å². The van der Waals surface area contributed by atoms with Crippen LogP contribution in [0.1, 0.15) is 43.9 Å². The molecule has 1 aliphatic heterocycles. The fourth-order valence-electron chi connectivity index (χ4n) is 3.53. The van der Waals surface area contributed by atoms with E-state index in [-0.39, 0.29) is 12.1 Å². The van der Waals surface area contributed by atoms with E-state index in [1.54, 1.807) is 0 Å². The molecule has 0 spiro atoms. The third-order valence-corrected chi connectivity index (χ3v) is 4.81. The van der Waals surface area contributed by atoms with Crippen LogP contribution in [-0.4, -0.2) is 42.9 Å². The molecule has 0 aliphatic carbocycles. The Hall–Kier alpha value is -2.38. The number of rotatable bonds is 9. The van der Waals surface area contributed by atoms with Gasteiger partial charge >= 0.3 is 6.01 Å². The minimum absolute atomic E-state index is 0.247. The third kappa shape index (κ3) is 4.91. The molecule has 1 saturated heterocycles. The Bertz CT molecular complexity index is 715. The van der Waals surface area contributed by atoms with Crippen LogP contribution < -0.4 is 24.8 Å². The van der Waals surface area contributed by atoms with Crippen LogP contribution in [0.4, 0.5) is 0 Å². The topological polar surface area (TPSA) is 77.5 Å². The van der Waals surface area contributed by atoms with Gasteiger partial charge in [-0.15, -0.1) is 0 Å². The number of methoxy groups -OCH3 is 1. The predicted molar refractivity (Wildman–Crippen MR) is 108 cm³/mol. The first kappa shape index (κ1) is 20.4. The van der Waals surface area contributed by atoms with Crippen LogP contribution in [0.25, 0.3) is 0 Å². The minimum atomic E-state index is 0.247. The number of aromatic nitrogens is 2. The van der Waals surface area contributed by atoms with Gasteiger partial charge in [0, 0.05) is 18.6 Å². The number of piperidine rings is 1. The molecule has 152 valence electrons. The maximum absolute atomic E-state index is 5.75. The van der Waals surface area contributed by atoms with Crippen LogP contribution in [0, 0.1) is 0 Å². The SMILES string of the molecule is CCOc1nc(OC)nc(OCC)c1CN[C@H]1CCCN[C@H]1c1ccccc1. The van der Waals surface area contributed by atoms with Crippen LogP contribution >= 0.6 is 0 Å². The van der Waals surface area contributed by atoms with Gasteiger partial charge in [-0.05, 0) is 38.8 Å². The van der Waals surface area contributed by atoms with E-state index in [9.17, 15) is 0 Å². The summed E-state index contributed by atoms with van der Waals surface area (Å²) in [4.78, 5) is 8.75. The second-order valence-corrected chi connectivity index (χ2v) is 6.64. The lowest BCUT2D eigenvalue weighted by molar-refractivity contribution is 0.270. The molecule has 0 saturated carbocycles. The summed E-state index contributed by atoms with van der Waals surface area (Å²) in [5.74, 6) is 1.01. The van der Waals surface area contributed by atoms with Gasteiger partial charge in [0.05, 0.1) is 25.9 Å². The van der Waals surface area contributed by atoms with Gasteiger partial charge in [0.15, 0.2) is 0 Å². The highest BCUT2D eigenvalue weighted by Crippen LogP contribution is 2.29. The molecule has 2 aromatic rings. The molecule has 3 rings (SSSR count). The molecular formula is C21H30N4O3. The average Bonchev–Trinajstić information content (AvgIpc) is 2.74. The maximum atomic E-state index is 5.75. The van der Waals surface area contributed by atoms with Crippen molar-refractivity contribution in [1.29, 1.82) is 0 Å². The summed E-state index contributed by atoms with van der Waals surface area (Å²) in [6.07, 6.45) is 2.23. The smallest absolute Gasteiger partial charge is 0.322 e. The zero-order valence-corrected chi connectivity index (χ0v) is 16.9. The Morgan fingerprint density at radius 1 is 1.07 bits per heavy atom. The van der Waals surface area contributed by atoms with Gasteiger partial charge < -0.3 is 24.8 Å². The summed E-state index contributed by atoms with van der Waals surface area (Å²) in [7, 11) is 1.54. The minimum Gasteiger partial charge on any atom is -0.477 e. The molecule has 1 fully saturated rings. The number of benzene rings is 1. The van der Waals surface area contributed by atoms with Crippen molar-refractivity contribution in [3.05, 3.63) is 41.5 Å². The molecular weight excluding hydrogens is 356 g/mol. The van der Waals surface area contributed by atoms with Crippen molar-refractivity contribution in [2.45, 2.75) is 45.3 Å². The summed E-state index contributed by atoms with van der Waals surface area (Å²) in [6, 6.07) is 11.4. The largest absolute Gasteiger partial charge is 0.477 e. The van der Waals surface area contributed by atoms with E-state index in [4.69, 9.17) is 14.2 Å². The molecule has 2 atom stereocenters. The number of nitrogens with zero attached hydrogens (tertiary/aromatic N) is 2. The van der Waals surface area contributed by atoms with E-state index in [1.165, 1.54) is 12.7 Å². The Morgan fingerprint density at radius 3 is 2.36 bits per heavy atom. The molecule has 7 heteroatoms. The number of nitrogens with one attached hydrogen (secondary N) is 2. The van der Waals surface area contributed by atoms with Gasteiger partial charge in [-0.2, -0.15) is 9.97 Å². The highest BCUT2D eigenvalue weighted by Gasteiger charge is 2.27. The first-order chi connectivity index (χ1) is 13.8. The molecule has 0 radical (unpaired) electrons. The monoisotopic (exact) mass is 386 g/mol. The fourth-order valence-corrected chi connectivity index (χ4v) is 3.53. The molecule has 2 N–H and O–H groups in total. The van der Waals surface area contributed by atoms with Crippen LogP contribution in [0.3, 0.4) is 0 Å². The van der Waals surface area contributed by atoms with E-state index in [0.29, 0.717) is 37.6 Å². The van der Waals surface area contributed by atoms with Crippen LogP contribution in [0.5, 0.6) is 17.8 Å². The second kappa shape index (κ2) is 10.2. The van der Waals surface area contributed by atoms with Crippen LogP contribution in [-0.2, 0) is 6.54 Å². The second-order valence-electron chi connectivity index (χ2n) is 6.64. The van der Waals surface area contributed by atoms with Crippen molar-refractivity contribution in [3.63, 3.8) is 0 Å². The Balaban J connectivity index is 1.81. The first-order valence-electron chi connectivity index (χ1n) is 9.99. The Labute approximate surface area is 166 Å². The lowest BCUT2D eigenvalue weighted by Crippen LogP contribution is -2.45. The molecule has 0 unspecified atom stereocenters. The molecule has 7 nitrogen and oxygen atoms in total. The van der Waals surface area contributed by atoms with E-state index < -0.39 is 0 Å². The summed E-state index contributed by atoms with van der Waals surface area (Å²) < 4.78 is 16.7. The highest BCUT2D eigenvalue weighted by atomic mass is 16.5. The lowest BCUT2D eigenvalue weighted by atomic mass is 9.92. The van der Waals surface area contributed by atoms with E-state index in [1.807, 2.05) is 19.9 Å². The van der Waals surface area contributed by atoms with Gasteiger partial charge in [0.1, 0.15) is 0 Å². The average molecular weight is 386 g/mol. The molecule has 0 bridgehead atoms. The van der Waals surface area contributed by atoms with E-state index in [2.05, 4.69) is 44.9 Å².